The number of benzene rings is 2. The highest BCUT2D eigenvalue weighted by molar-refractivity contribution is 5.65. The molecule has 0 spiro atoms. The Morgan fingerprint density at radius 2 is 1.77 bits per heavy atom. The first-order chi connectivity index (χ1) is 15.1. The molecule has 164 valence electrons. The fourth-order valence-electron chi connectivity index (χ4n) is 3.79. The average Bonchev–Trinajstić information content (AvgIpc) is 3.61. The molecule has 1 aromatic heterocycles. The molecule has 1 saturated carbocycles. The van der Waals surface area contributed by atoms with Crippen molar-refractivity contribution < 1.29 is 14.6 Å². The molecule has 4 rings (SSSR count). The first-order valence-corrected chi connectivity index (χ1v) is 10.9. The number of aromatic nitrogens is 2. The number of ether oxygens (including phenoxy) is 2. The second kappa shape index (κ2) is 9.54. The largest absolute Gasteiger partial charge is 0.497 e. The van der Waals surface area contributed by atoms with Gasteiger partial charge in [-0.2, -0.15) is 5.10 Å². The second-order valence-corrected chi connectivity index (χ2v) is 8.12. The van der Waals surface area contributed by atoms with E-state index in [4.69, 9.17) is 14.6 Å². The van der Waals surface area contributed by atoms with E-state index < -0.39 is 0 Å². The summed E-state index contributed by atoms with van der Waals surface area (Å²) < 4.78 is 13.4. The molecule has 0 amide bonds. The average molecular weight is 422 g/mol. The monoisotopic (exact) mass is 421 g/mol. The number of rotatable bonds is 10. The lowest BCUT2D eigenvalue weighted by Gasteiger charge is -2.25. The van der Waals surface area contributed by atoms with E-state index in [1.54, 1.807) is 7.11 Å². The predicted molar refractivity (Wildman–Crippen MR) is 121 cm³/mol. The molecule has 0 saturated heterocycles. The highest BCUT2D eigenvalue weighted by atomic mass is 16.5. The summed E-state index contributed by atoms with van der Waals surface area (Å²) in [4.78, 5) is 2.37. The standard InChI is InChI=1S/C25H31N3O3/c1-4-20(29)16-28(19-10-11-19)17-23-24(18-8-6-5-7-9-18)26-27(2)25(23)31-22-14-12-21(30-3)13-15-22/h5-9,12-15,19-20,29H,4,10-11,16-17H2,1-3H3/t20-/m0/s1. The van der Waals surface area contributed by atoms with Gasteiger partial charge in [0, 0.05) is 31.7 Å². The van der Waals surface area contributed by atoms with Gasteiger partial charge in [-0.15, -0.1) is 0 Å². The molecule has 6 nitrogen and oxygen atoms in total. The number of methoxy groups -OCH3 is 1. The summed E-state index contributed by atoms with van der Waals surface area (Å²) in [5, 5.41) is 15.1. The van der Waals surface area contributed by atoms with Gasteiger partial charge in [0.2, 0.25) is 5.88 Å². The van der Waals surface area contributed by atoms with Crippen LogP contribution < -0.4 is 9.47 Å². The maximum atomic E-state index is 10.3. The zero-order chi connectivity index (χ0) is 21.8. The fourth-order valence-corrected chi connectivity index (χ4v) is 3.79. The minimum absolute atomic E-state index is 0.330. The molecule has 2 aromatic carbocycles. The third kappa shape index (κ3) is 5.09. The predicted octanol–water partition coefficient (Wildman–Crippen LogP) is 4.62. The van der Waals surface area contributed by atoms with E-state index in [2.05, 4.69) is 17.0 Å². The van der Waals surface area contributed by atoms with E-state index in [9.17, 15) is 5.11 Å². The SMILES string of the molecule is CC[C@H](O)CN(Cc1c(-c2ccccc2)nn(C)c1Oc1ccc(OC)cc1)C1CC1. The summed E-state index contributed by atoms with van der Waals surface area (Å²) in [5.41, 5.74) is 3.02. The topological polar surface area (TPSA) is 59.8 Å². The summed E-state index contributed by atoms with van der Waals surface area (Å²) in [6.45, 7) is 3.37. The normalized spacial score (nSPS) is 14.6. The summed E-state index contributed by atoms with van der Waals surface area (Å²) in [7, 11) is 3.57. The Morgan fingerprint density at radius 1 is 1.10 bits per heavy atom. The van der Waals surface area contributed by atoms with Gasteiger partial charge in [-0.3, -0.25) is 4.90 Å². The number of hydrogen-bond acceptors (Lipinski definition) is 5. The highest BCUT2D eigenvalue weighted by Crippen LogP contribution is 2.37. The maximum Gasteiger partial charge on any atom is 0.222 e. The van der Waals surface area contributed by atoms with Gasteiger partial charge in [-0.25, -0.2) is 4.68 Å². The van der Waals surface area contributed by atoms with Crippen molar-refractivity contribution in [2.24, 2.45) is 7.05 Å². The van der Waals surface area contributed by atoms with E-state index in [1.807, 2.05) is 61.1 Å². The Morgan fingerprint density at radius 3 is 2.39 bits per heavy atom. The summed E-state index contributed by atoms with van der Waals surface area (Å²) in [6, 6.07) is 18.3. The molecule has 3 aromatic rings. The van der Waals surface area contributed by atoms with Gasteiger partial charge >= 0.3 is 0 Å². The Labute approximate surface area is 184 Å². The molecule has 1 fully saturated rings. The Bertz CT molecular complexity index is 981. The molecular weight excluding hydrogens is 390 g/mol. The van der Waals surface area contributed by atoms with E-state index in [0.717, 1.165) is 40.6 Å². The molecule has 0 aliphatic heterocycles. The molecule has 31 heavy (non-hydrogen) atoms. The Hall–Kier alpha value is -2.83. The Balaban J connectivity index is 1.70. The van der Waals surface area contributed by atoms with Gasteiger partial charge in [0.1, 0.15) is 17.2 Å². The van der Waals surface area contributed by atoms with Gasteiger partial charge in [-0.1, -0.05) is 37.3 Å². The van der Waals surface area contributed by atoms with E-state index in [0.29, 0.717) is 19.1 Å². The number of hydrogen-bond donors (Lipinski definition) is 1. The molecule has 0 unspecified atom stereocenters. The van der Waals surface area contributed by atoms with Crippen molar-refractivity contribution >= 4 is 0 Å². The second-order valence-electron chi connectivity index (χ2n) is 8.12. The van der Waals surface area contributed by atoms with Crippen molar-refractivity contribution in [3.63, 3.8) is 0 Å². The van der Waals surface area contributed by atoms with Gasteiger partial charge < -0.3 is 14.6 Å². The lowest BCUT2D eigenvalue weighted by atomic mass is 10.1. The van der Waals surface area contributed by atoms with Crippen LogP contribution in [0.25, 0.3) is 11.3 Å². The van der Waals surface area contributed by atoms with E-state index in [-0.39, 0.29) is 6.10 Å². The van der Waals surface area contributed by atoms with Crippen LogP contribution in [0.5, 0.6) is 17.4 Å². The van der Waals surface area contributed by atoms with Gasteiger partial charge in [0.05, 0.1) is 18.8 Å². The zero-order valence-corrected chi connectivity index (χ0v) is 18.5. The van der Waals surface area contributed by atoms with Crippen molar-refractivity contribution in [2.45, 2.75) is 44.9 Å². The number of aryl methyl sites for hydroxylation is 1. The van der Waals surface area contributed by atoms with Gasteiger partial charge in [-0.05, 0) is 43.5 Å². The molecule has 1 aliphatic carbocycles. The molecule has 1 aliphatic rings. The molecule has 0 radical (unpaired) electrons. The first-order valence-electron chi connectivity index (χ1n) is 10.9. The van der Waals surface area contributed by atoms with Gasteiger partial charge in [0.25, 0.3) is 0 Å². The molecule has 1 heterocycles. The van der Waals surface area contributed by atoms with Crippen molar-refractivity contribution in [3.05, 3.63) is 60.2 Å². The van der Waals surface area contributed by atoms with Crippen molar-refractivity contribution in [1.29, 1.82) is 0 Å². The zero-order valence-electron chi connectivity index (χ0n) is 18.5. The third-order valence-corrected chi connectivity index (χ3v) is 5.75. The van der Waals surface area contributed by atoms with Crippen LogP contribution in [0, 0.1) is 0 Å². The van der Waals surface area contributed by atoms with Crippen molar-refractivity contribution in [3.8, 4) is 28.6 Å². The lowest BCUT2D eigenvalue weighted by molar-refractivity contribution is 0.101. The minimum atomic E-state index is -0.330. The summed E-state index contributed by atoms with van der Waals surface area (Å²) in [6.07, 6.45) is 2.76. The fraction of sp³-hybridized carbons (Fsp3) is 0.400. The van der Waals surface area contributed by atoms with Crippen LogP contribution in [-0.4, -0.2) is 45.6 Å². The van der Waals surface area contributed by atoms with E-state index >= 15 is 0 Å². The summed E-state index contributed by atoms with van der Waals surface area (Å²) in [5.74, 6) is 2.24. The van der Waals surface area contributed by atoms with Crippen LogP contribution in [0.2, 0.25) is 0 Å². The molecular formula is C25H31N3O3. The van der Waals surface area contributed by atoms with Crippen LogP contribution in [0.1, 0.15) is 31.7 Å². The lowest BCUT2D eigenvalue weighted by Crippen LogP contribution is -2.33. The highest BCUT2D eigenvalue weighted by Gasteiger charge is 2.32. The van der Waals surface area contributed by atoms with Gasteiger partial charge in [0.15, 0.2) is 0 Å². The quantitative estimate of drug-likeness (QED) is 0.517. The molecule has 0 bridgehead atoms. The third-order valence-electron chi connectivity index (χ3n) is 5.75. The van der Waals surface area contributed by atoms with Crippen molar-refractivity contribution in [1.82, 2.24) is 14.7 Å². The summed E-state index contributed by atoms with van der Waals surface area (Å²) >= 11 is 0. The number of aliphatic hydroxyl groups excluding tert-OH is 1. The van der Waals surface area contributed by atoms with Crippen LogP contribution in [0.15, 0.2) is 54.6 Å². The minimum Gasteiger partial charge on any atom is -0.497 e. The van der Waals surface area contributed by atoms with Crippen LogP contribution >= 0.6 is 0 Å². The van der Waals surface area contributed by atoms with E-state index in [1.165, 1.54) is 12.8 Å². The smallest absolute Gasteiger partial charge is 0.222 e. The first kappa shape index (κ1) is 21.4. The molecule has 1 atom stereocenters. The molecule has 6 heteroatoms. The number of nitrogens with zero attached hydrogens (tertiary/aromatic N) is 3. The Kier molecular flexibility index (Phi) is 6.59. The van der Waals surface area contributed by atoms with Crippen molar-refractivity contribution in [2.75, 3.05) is 13.7 Å². The number of aliphatic hydroxyl groups is 1. The van der Waals surface area contributed by atoms with Crippen LogP contribution in [0.4, 0.5) is 0 Å². The molecule has 1 N–H and O–H groups in total. The van der Waals surface area contributed by atoms with Crippen LogP contribution in [-0.2, 0) is 13.6 Å². The maximum absolute atomic E-state index is 10.3. The van der Waals surface area contributed by atoms with Crippen LogP contribution in [0.3, 0.4) is 0 Å².